The van der Waals surface area contributed by atoms with Crippen LogP contribution in [0.25, 0.3) is 0 Å². The molecule has 22 heavy (non-hydrogen) atoms. The molecule has 0 amide bonds. The second kappa shape index (κ2) is 5.21. The number of hydrogen-bond donors (Lipinski definition) is 0. The van der Waals surface area contributed by atoms with E-state index in [0.717, 1.165) is 18.4 Å². The molecule has 1 saturated carbocycles. The van der Waals surface area contributed by atoms with Crippen molar-refractivity contribution in [3.63, 3.8) is 0 Å². The molecule has 1 saturated heterocycles. The van der Waals surface area contributed by atoms with Gasteiger partial charge in [0.25, 0.3) is 0 Å². The Hall–Kier alpha value is -1.13. The van der Waals surface area contributed by atoms with Gasteiger partial charge >= 0.3 is 7.12 Å². The average Bonchev–Trinajstić information content (AvgIpc) is 2.69. The number of Topliss-reactive ketones (excluding diaryl/α,β-unsaturated/α-hetero) is 1. The van der Waals surface area contributed by atoms with Crippen molar-refractivity contribution < 1.29 is 14.1 Å². The monoisotopic (exact) mass is 300 g/mol. The molecule has 1 atom stereocenters. The van der Waals surface area contributed by atoms with Gasteiger partial charge in [0.1, 0.15) is 5.78 Å². The molecular formula is C18H25BO3. The predicted molar refractivity (Wildman–Crippen MR) is 87.7 cm³/mol. The van der Waals surface area contributed by atoms with Gasteiger partial charge in [-0.25, -0.2) is 0 Å². The quantitative estimate of drug-likeness (QED) is 0.781. The van der Waals surface area contributed by atoms with Gasteiger partial charge < -0.3 is 9.31 Å². The second-order valence-corrected chi connectivity index (χ2v) is 7.68. The van der Waals surface area contributed by atoms with E-state index < -0.39 is 0 Å². The Morgan fingerprint density at radius 2 is 1.59 bits per heavy atom. The third-order valence-corrected chi connectivity index (χ3v) is 5.64. The lowest BCUT2D eigenvalue weighted by molar-refractivity contribution is -0.121. The van der Waals surface area contributed by atoms with E-state index in [1.807, 2.05) is 18.2 Å². The van der Waals surface area contributed by atoms with Crippen molar-refractivity contribution in [2.75, 3.05) is 0 Å². The van der Waals surface area contributed by atoms with Crippen molar-refractivity contribution >= 4 is 12.9 Å². The standard InChI is InChI=1S/C18H25BO3/c1-16(2)17(3,4)22-19(21-16)18(12-8-11-15(20)13-18)14-9-6-5-7-10-14/h5-7,9-10H,8,11-13H2,1-4H3/t18-/m0/s1. The SMILES string of the molecule is CC1(C)OB([C@@]2(c3ccccc3)CCCC(=O)C2)OC1(C)C. The molecule has 0 aromatic heterocycles. The molecule has 2 fully saturated rings. The largest absolute Gasteiger partial charge is 0.469 e. The molecule has 0 N–H and O–H groups in total. The van der Waals surface area contributed by atoms with E-state index in [1.165, 1.54) is 0 Å². The van der Waals surface area contributed by atoms with E-state index in [-0.39, 0.29) is 23.6 Å². The summed E-state index contributed by atoms with van der Waals surface area (Å²) in [5, 5.41) is -0.359. The first-order chi connectivity index (χ1) is 10.3. The van der Waals surface area contributed by atoms with Gasteiger partial charge in [0.15, 0.2) is 0 Å². The highest BCUT2D eigenvalue weighted by atomic mass is 16.7. The lowest BCUT2D eigenvalue weighted by atomic mass is 9.48. The van der Waals surface area contributed by atoms with Crippen molar-refractivity contribution in [2.24, 2.45) is 0 Å². The van der Waals surface area contributed by atoms with Crippen molar-refractivity contribution in [1.29, 1.82) is 0 Å². The molecule has 3 nitrogen and oxygen atoms in total. The zero-order valence-corrected chi connectivity index (χ0v) is 14.0. The van der Waals surface area contributed by atoms with Crippen LogP contribution < -0.4 is 0 Å². The molecule has 2 aliphatic rings. The Balaban J connectivity index is 2.03. The molecule has 0 radical (unpaired) electrons. The maximum atomic E-state index is 12.2. The summed E-state index contributed by atoms with van der Waals surface area (Å²) in [6.45, 7) is 8.26. The number of rotatable bonds is 2. The van der Waals surface area contributed by atoms with Crippen LogP contribution in [0.1, 0.15) is 58.9 Å². The fraction of sp³-hybridized carbons (Fsp3) is 0.611. The smallest absolute Gasteiger partial charge is 0.403 e. The molecule has 0 spiro atoms. The van der Waals surface area contributed by atoms with Crippen LogP contribution in [-0.2, 0) is 19.4 Å². The molecule has 4 heteroatoms. The van der Waals surface area contributed by atoms with E-state index in [1.54, 1.807) is 0 Å². The van der Waals surface area contributed by atoms with Crippen molar-refractivity contribution in [2.45, 2.75) is 69.9 Å². The number of carbonyl (C=O) groups is 1. The maximum absolute atomic E-state index is 12.2. The van der Waals surface area contributed by atoms with Gasteiger partial charge in [-0.05, 0) is 46.1 Å². The van der Waals surface area contributed by atoms with Gasteiger partial charge in [0.2, 0.25) is 0 Å². The number of hydrogen-bond acceptors (Lipinski definition) is 3. The topological polar surface area (TPSA) is 35.5 Å². The highest BCUT2D eigenvalue weighted by molar-refractivity contribution is 6.50. The van der Waals surface area contributed by atoms with Gasteiger partial charge in [-0.2, -0.15) is 0 Å². The van der Waals surface area contributed by atoms with E-state index >= 15 is 0 Å². The summed E-state index contributed by atoms with van der Waals surface area (Å²) in [5.41, 5.74) is 0.404. The minimum atomic E-state index is -0.375. The minimum Gasteiger partial charge on any atom is -0.403 e. The van der Waals surface area contributed by atoms with Crippen LogP contribution in [-0.4, -0.2) is 24.1 Å². The molecular weight excluding hydrogens is 275 g/mol. The Morgan fingerprint density at radius 1 is 1.00 bits per heavy atom. The van der Waals surface area contributed by atoms with Crippen LogP contribution in [0.5, 0.6) is 0 Å². The fourth-order valence-corrected chi connectivity index (χ4v) is 3.55. The van der Waals surface area contributed by atoms with Crippen LogP contribution >= 0.6 is 0 Å². The Bertz CT molecular complexity index is 551. The summed E-state index contributed by atoms with van der Waals surface area (Å²) < 4.78 is 12.7. The minimum absolute atomic E-state index is 0.310. The van der Waals surface area contributed by atoms with Crippen LogP contribution in [0, 0.1) is 0 Å². The van der Waals surface area contributed by atoms with Crippen LogP contribution in [0.2, 0.25) is 0 Å². The first-order valence-electron chi connectivity index (χ1n) is 8.20. The summed E-state index contributed by atoms with van der Waals surface area (Å²) >= 11 is 0. The van der Waals surface area contributed by atoms with E-state index in [0.29, 0.717) is 18.6 Å². The van der Waals surface area contributed by atoms with Crippen molar-refractivity contribution in [1.82, 2.24) is 0 Å². The lowest BCUT2D eigenvalue weighted by Gasteiger charge is -2.38. The number of benzene rings is 1. The summed E-state index contributed by atoms with van der Waals surface area (Å²) in [7, 11) is -0.371. The zero-order valence-electron chi connectivity index (χ0n) is 14.0. The average molecular weight is 300 g/mol. The highest BCUT2D eigenvalue weighted by Gasteiger charge is 2.60. The van der Waals surface area contributed by atoms with Crippen molar-refractivity contribution in [3.8, 4) is 0 Å². The Kier molecular flexibility index (Phi) is 3.73. The Morgan fingerprint density at radius 3 is 2.14 bits per heavy atom. The second-order valence-electron chi connectivity index (χ2n) is 7.68. The van der Waals surface area contributed by atoms with Gasteiger partial charge in [-0.1, -0.05) is 30.3 Å². The molecule has 1 aromatic carbocycles. The number of ketones is 1. The summed E-state index contributed by atoms with van der Waals surface area (Å²) in [5.74, 6) is 0.310. The predicted octanol–water partition coefficient (Wildman–Crippen LogP) is 3.70. The molecule has 3 rings (SSSR count). The van der Waals surface area contributed by atoms with Crippen molar-refractivity contribution in [3.05, 3.63) is 35.9 Å². The van der Waals surface area contributed by atoms with Crippen LogP contribution in [0.3, 0.4) is 0 Å². The summed E-state index contributed by atoms with van der Waals surface area (Å²) in [6.07, 6.45) is 3.01. The molecule has 0 bridgehead atoms. The third-order valence-electron chi connectivity index (χ3n) is 5.64. The van der Waals surface area contributed by atoms with Crippen LogP contribution in [0.15, 0.2) is 30.3 Å². The third kappa shape index (κ3) is 2.42. The first kappa shape index (κ1) is 15.8. The molecule has 118 valence electrons. The zero-order chi connectivity index (χ0) is 16.0. The van der Waals surface area contributed by atoms with Crippen LogP contribution in [0.4, 0.5) is 0 Å². The lowest BCUT2D eigenvalue weighted by Crippen LogP contribution is -2.49. The van der Waals surface area contributed by atoms with E-state index in [2.05, 4.69) is 39.8 Å². The normalized spacial score (nSPS) is 30.5. The highest BCUT2D eigenvalue weighted by Crippen LogP contribution is 2.48. The molecule has 1 aliphatic carbocycles. The van der Waals surface area contributed by atoms with E-state index in [4.69, 9.17) is 9.31 Å². The van der Waals surface area contributed by atoms with Gasteiger partial charge in [-0.15, -0.1) is 0 Å². The van der Waals surface area contributed by atoms with Gasteiger partial charge in [0, 0.05) is 18.2 Å². The molecule has 1 heterocycles. The van der Waals surface area contributed by atoms with E-state index in [9.17, 15) is 4.79 Å². The van der Waals surface area contributed by atoms with Gasteiger partial charge in [-0.3, -0.25) is 4.79 Å². The first-order valence-corrected chi connectivity index (χ1v) is 8.20. The maximum Gasteiger partial charge on any atom is 0.469 e. The summed E-state index contributed by atoms with van der Waals surface area (Å²) in [6, 6.07) is 10.3. The summed E-state index contributed by atoms with van der Waals surface area (Å²) in [4.78, 5) is 12.2. The Labute approximate surface area is 133 Å². The number of carbonyl (C=O) groups excluding carboxylic acids is 1. The molecule has 0 unspecified atom stereocenters. The van der Waals surface area contributed by atoms with Gasteiger partial charge in [0.05, 0.1) is 11.2 Å². The molecule has 1 aliphatic heterocycles. The fourth-order valence-electron chi connectivity index (χ4n) is 3.55. The molecule has 1 aromatic rings.